The van der Waals surface area contributed by atoms with Crippen LogP contribution >= 0.6 is 0 Å². The summed E-state index contributed by atoms with van der Waals surface area (Å²) >= 11 is 0. The maximum absolute atomic E-state index is 11.5. The molecule has 0 aliphatic heterocycles. The number of nitrogens with zero attached hydrogens (tertiary/aromatic N) is 4. The van der Waals surface area contributed by atoms with E-state index in [1.165, 1.54) is 0 Å². The fraction of sp³-hybridized carbons (Fsp3) is 0.500. The minimum absolute atomic E-state index is 0.0861. The average Bonchev–Trinajstić information content (AvgIpc) is 2.50. The topological polar surface area (TPSA) is 63.7 Å². The van der Waals surface area contributed by atoms with Crippen molar-refractivity contribution in [3.8, 4) is 6.07 Å². The van der Waals surface area contributed by atoms with E-state index in [1.54, 1.807) is 6.07 Å². The van der Waals surface area contributed by atoms with Crippen molar-refractivity contribution in [2.45, 2.75) is 12.9 Å². The monoisotopic (exact) mass is 206 g/mol. The van der Waals surface area contributed by atoms with Gasteiger partial charge in [0.05, 0.1) is 13.2 Å². The first-order valence-corrected chi connectivity index (χ1v) is 3.51. The molecule has 0 atom stereocenters. The van der Waals surface area contributed by atoms with Crippen molar-refractivity contribution < 1.29 is 17.9 Å². The van der Waals surface area contributed by atoms with Crippen molar-refractivity contribution in [1.82, 2.24) is 14.8 Å². The molecule has 1 aromatic heterocycles. The van der Waals surface area contributed by atoms with Gasteiger partial charge in [0, 0.05) is 0 Å². The Morgan fingerprint density at radius 3 is 2.79 bits per heavy atom. The molecule has 0 aliphatic carbocycles. The highest BCUT2D eigenvalue weighted by molar-refractivity contribution is 5.05. The molecule has 0 aliphatic rings. The minimum atomic E-state index is -4.64. The number of hydrogen-bond acceptors (Lipinski definition) is 4. The predicted octanol–water partition coefficient (Wildman–Crippen LogP) is 0.686. The lowest BCUT2D eigenvalue weighted by atomic mass is 10.7. The Kier molecular flexibility index (Phi) is 3.03. The second kappa shape index (κ2) is 4.06. The van der Waals surface area contributed by atoms with Gasteiger partial charge in [0.25, 0.3) is 5.82 Å². The Hall–Kier alpha value is -1.62. The molecule has 0 spiro atoms. The minimum Gasteiger partial charge on any atom is -0.290 e. The number of alkyl halides is 3. The summed E-state index contributed by atoms with van der Waals surface area (Å²) in [5.41, 5.74) is 0. The van der Waals surface area contributed by atoms with Gasteiger partial charge in [0.1, 0.15) is 12.4 Å². The van der Waals surface area contributed by atoms with Crippen LogP contribution in [0.5, 0.6) is 0 Å². The van der Waals surface area contributed by atoms with E-state index in [2.05, 4.69) is 14.8 Å². The van der Waals surface area contributed by atoms with Crippen LogP contribution in [-0.2, 0) is 11.3 Å². The van der Waals surface area contributed by atoms with Crippen LogP contribution in [0.2, 0.25) is 0 Å². The molecule has 0 saturated heterocycles. The Morgan fingerprint density at radius 2 is 2.29 bits per heavy atom. The van der Waals surface area contributed by atoms with Gasteiger partial charge in [0.2, 0.25) is 0 Å². The van der Waals surface area contributed by atoms with Crippen molar-refractivity contribution in [2.75, 3.05) is 6.61 Å². The Morgan fingerprint density at radius 1 is 1.57 bits per heavy atom. The fourth-order valence-corrected chi connectivity index (χ4v) is 0.709. The molecule has 8 heteroatoms. The van der Waals surface area contributed by atoms with Crippen molar-refractivity contribution in [2.24, 2.45) is 0 Å². The smallest absolute Gasteiger partial charge is 0.290 e. The van der Waals surface area contributed by atoms with E-state index >= 15 is 0 Å². The molecule has 1 heterocycles. The van der Waals surface area contributed by atoms with E-state index in [0.717, 1.165) is 11.0 Å². The maximum atomic E-state index is 11.5. The number of halogens is 3. The number of nitriles is 1. The number of hydrogen-bond donors (Lipinski definition) is 0. The summed E-state index contributed by atoms with van der Waals surface area (Å²) in [6.45, 7) is -0.661. The molecule has 1 aromatic rings. The predicted molar refractivity (Wildman–Crippen MR) is 36.7 cm³/mol. The SMILES string of the molecule is N#Cc1ncn(CCOC(F)(F)F)n1. The first kappa shape index (κ1) is 10.5. The molecule has 1 rings (SSSR count). The Balaban J connectivity index is 2.36. The van der Waals surface area contributed by atoms with Gasteiger partial charge < -0.3 is 0 Å². The molecular weight excluding hydrogens is 201 g/mol. The first-order chi connectivity index (χ1) is 6.51. The van der Waals surface area contributed by atoms with Crippen LogP contribution in [-0.4, -0.2) is 27.7 Å². The van der Waals surface area contributed by atoms with Gasteiger partial charge in [-0.15, -0.1) is 18.3 Å². The van der Waals surface area contributed by atoms with E-state index in [4.69, 9.17) is 5.26 Å². The second-order valence-corrected chi connectivity index (χ2v) is 2.24. The molecule has 0 saturated carbocycles. The standard InChI is InChI=1S/C6H5F3N4O/c7-6(8,9)14-2-1-13-4-11-5(3-10)12-13/h4H,1-2H2. The molecule has 0 radical (unpaired) electrons. The van der Waals surface area contributed by atoms with E-state index in [0.29, 0.717) is 0 Å². The number of ether oxygens (including phenoxy) is 1. The van der Waals surface area contributed by atoms with Crippen molar-refractivity contribution in [3.63, 3.8) is 0 Å². The summed E-state index contributed by atoms with van der Waals surface area (Å²) < 4.78 is 39.1. The quantitative estimate of drug-likeness (QED) is 0.729. The van der Waals surface area contributed by atoms with Crippen LogP contribution in [0.15, 0.2) is 6.33 Å². The maximum Gasteiger partial charge on any atom is 0.522 e. The van der Waals surface area contributed by atoms with Crippen LogP contribution in [0.3, 0.4) is 0 Å². The molecule has 0 bridgehead atoms. The lowest BCUT2D eigenvalue weighted by Gasteiger charge is -2.06. The molecule has 5 nitrogen and oxygen atoms in total. The van der Waals surface area contributed by atoms with Crippen LogP contribution in [0.1, 0.15) is 5.82 Å². The third kappa shape index (κ3) is 3.40. The lowest BCUT2D eigenvalue weighted by molar-refractivity contribution is -0.325. The fourth-order valence-electron chi connectivity index (χ4n) is 0.709. The highest BCUT2D eigenvalue weighted by atomic mass is 19.4. The Labute approximate surface area is 76.7 Å². The van der Waals surface area contributed by atoms with Gasteiger partial charge in [-0.25, -0.2) is 9.67 Å². The Bertz CT molecular complexity index is 340. The molecule has 14 heavy (non-hydrogen) atoms. The van der Waals surface area contributed by atoms with Crippen LogP contribution < -0.4 is 0 Å². The molecule has 76 valence electrons. The van der Waals surface area contributed by atoms with Crippen molar-refractivity contribution in [3.05, 3.63) is 12.2 Å². The summed E-state index contributed by atoms with van der Waals surface area (Å²) in [4.78, 5) is 3.50. The van der Waals surface area contributed by atoms with E-state index in [-0.39, 0.29) is 12.4 Å². The van der Waals surface area contributed by atoms with Crippen LogP contribution in [0.25, 0.3) is 0 Å². The average molecular weight is 206 g/mol. The van der Waals surface area contributed by atoms with Crippen molar-refractivity contribution >= 4 is 0 Å². The first-order valence-electron chi connectivity index (χ1n) is 3.51. The van der Waals surface area contributed by atoms with E-state index in [1.807, 2.05) is 0 Å². The van der Waals surface area contributed by atoms with Gasteiger partial charge in [-0.1, -0.05) is 0 Å². The third-order valence-electron chi connectivity index (χ3n) is 1.22. The van der Waals surface area contributed by atoms with E-state index in [9.17, 15) is 13.2 Å². The van der Waals surface area contributed by atoms with Gasteiger partial charge in [-0.3, -0.25) is 4.74 Å². The van der Waals surface area contributed by atoms with Gasteiger partial charge >= 0.3 is 6.36 Å². The second-order valence-electron chi connectivity index (χ2n) is 2.24. The van der Waals surface area contributed by atoms with Crippen molar-refractivity contribution in [1.29, 1.82) is 5.26 Å². The normalized spacial score (nSPS) is 11.3. The largest absolute Gasteiger partial charge is 0.522 e. The molecule has 0 fully saturated rings. The van der Waals surface area contributed by atoms with Crippen LogP contribution in [0.4, 0.5) is 13.2 Å². The van der Waals surface area contributed by atoms with Gasteiger partial charge in [-0.05, 0) is 0 Å². The summed E-state index contributed by atoms with van der Waals surface area (Å²) in [5.74, 6) is -0.0861. The molecule has 0 unspecified atom stereocenters. The molecule has 0 N–H and O–H groups in total. The summed E-state index contributed by atoms with van der Waals surface area (Å²) in [5, 5.41) is 11.9. The lowest BCUT2D eigenvalue weighted by Crippen LogP contribution is -2.17. The van der Waals surface area contributed by atoms with Crippen LogP contribution in [0, 0.1) is 11.3 Å². The zero-order chi connectivity index (χ0) is 10.6. The summed E-state index contributed by atoms with van der Waals surface area (Å²) in [6, 6.07) is 1.65. The molecule has 0 amide bonds. The highest BCUT2D eigenvalue weighted by Crippen LogP contribution is 2.15. The third-order valence-corrected chi connectivity index (χ3v) is 1.22. The number of aromatic nitrogens is 3. The van der Waals surface area contributed by atoms with Gasteiger partial charge in [-0.2, -0.15) is 5.26 Å². The van der Waals surface area contributed by atoms with Gasteiger partial charge in [0.15, 0.2) is 0 Å². The van der Waals surface area contributed by atoms with E-state index < -0.39 is 13.0 Å². The number of rotatable bonds is 3. The summed E-state index contributed by atoms with van der Waals surface area (Å²) in [7, 11) is 0. The molecule has 0 aromatic carbocycles. The molecular formula is C6H5F3N4O. The zero-order valence-corrected chi connectivity index (χ0v) is 6.82. The highest BCUT2D eigenvalue weighted by Gasteiger charge is 2.28. The zero-order valence-electron chi connectivity index (χ0n) is 6.82. The summed E-state index contributed by atoms with van der Waals surface area (Å²) in [6.07, 6.45) is -3.48.